The van der Waals surface area contributed by atoms with Gasteiger partial charge in [0.05, 0.1) is 24.0 Å². The number of aromatic nitrogens is 2. The van der Waals surface area contributed by atoms with Crippen LogP contribution in [0.1, 0.15) is 34.6 Å². The number of benzene rings is 1. The third kappa shape index (κ3) is 5.75. The molecule has 31 heavy (non-hydrogen) atoms. The molecule has 2 aromatic rings. The Labute approximate surface area is 181 Å². The van der Waals surface area contributed by atoms with Gasteiger partial charge >= 0.3 is 6.09 Å². The fourth-order valence-electron chi connectivity index (χ4n) is 3.23. The lowest BCUT2D eigenvalue weighted by Gasteiger charge is -2.23. The van der Waals surface area contributed by atoms with E-state index in [9.17, 15) is 14.7 Å². The average Bonchev–Trinajstić information content (AvgIpc) is 3.04. The van der Waals surface area contributed by atoms with Gasteiger partial charge in [0.2, 0.25) is 0 Å². The molecule has 0 aliphatic carbocycles. The molecule has 0 saturated carbocycles. The number of likely N-dealkylation sites (N-methyl/N-ethyl adjacent to an activating group) is 1. The van der Waals surface area contributed by atoms with Crippen molar-refractivity contribution in [3.8, 4) is 16.9 Å². The average molecular weight is 431 g/mol. The molecular weight excluding hydrogens is 400 g/mol. The SMILES string of the molecule is CN1C(=O)[C@@H](NC(=O)OC(C)(C)C)COc2ccc(-c3cnn(CC(C)(C)O)c3)cc21. The molecule has 1 aliphatic rings. The third-order valence-electron chi connectivity index (χ3n) is 4.56. The number of hydrogen-bond acceptors (Lipinski definition) is 6. The van der Waals surface area contributed by atoms with Crippen molar-refractivity contribution in [2.45, 2.75) is 58.4 Å². The molecule has 1 atom stereocenters. The lowest BCUT2D eigenvalue weighted by atomic mass is 10.1. The van der Waals surface area contributed by atoms with Crippen LogP contribution in [-0.2, 0) is 16.1 Å². The Kier molecular flexibility index (Phi) is 6.00. The lowest BCUT2D eigenvalue weighted by Crippen LogP contribution is -2.50. The van der Waals surface area contributed by atoms with Crippen molar-refractivity contribution < 1.29 is 24.2 Å². The van der Waals surface area contributed by atoms with E-state index in [4.69, 9.17) is 9.47 Å². The minimum absolute atomic E-state index is 0.00171. The first-order valence-electron chi connectivity index (χ1n) is 10.1. The fourth-order valence-corrected chi connectivity index (χ4v) is 3.23. The minimum Gasteiger partial charge on any atom is -0.489 e. The Hall–Kier alpha value is -3.07. The van der Waals surface area contributed by atoms with Gasteiger partial charge in [-0.1, -0.05) is 6.07 Å². The monoisotopic (exact) mass is 430 g/mol. The van der Waals surface area contributed by atoms with Crippen molar-refractivity contribution >= 4 is 17.7 Å². The number of nitrogens with zero attached hydrogens (tertiary/aromatic N) is 3. The quantitative estimate of drug-likeness (QED) is 0.772. The van der Waals surface area contributed by atoms with Gasteiger partial charge in [0, 0.05) is 18.8 Å². The van der Waals surface area contributed by atoms with Crippen LogP contribution in [0, 0.1) is 0 Å². The first-order chi connectivity index (χ1) is 14.3. The van der Waals surface area contributed by atoms with Gasteiger partial charge in [0.15, 0.2) is 0 Å². The molecule has 0 spiro atoms. The van der Waals surface area contributed by atoms with Crippen molar-refractivity contribution in [2.24, 2.45) is 0 Å². The van der Waals surface area contributed by atoms with Gasteiger partial charge in [0.1, 0.15) is 24.0 Å². The fraction of sp³-hybridized carbons (Fsp3) is 0.500. The molecule has 3 rings (SSSR count). The summed E-state index contributed by atoms with van der Waals surface area (Å²) in [7, 11) is 1.64. The predicted molar refractivity (Wildman–Crippen MR) is 116 cm³/mol. The summed E-state index contributed by atoms with van der Waals surface area (Å²) in [5.74, 6) is 0.233. The summed E-state index contributed by atoms with van der Waals surface area (Å²) in [5.41, 5.74) is 0.737. The highest BCUT2D eigenvalue weighted by atomic mass is 16.6. The van der Waals surface area contributed by atoms with Crippen molar-refractivity contribution in [3.05, 3.63) is 30.6 Å². The van der Waals surface area contributed by atoms with Crippen LogP contribution in [0.2, 0.25) is 0 Å². The van der Waals surface area contributed by atoms with Crippen molar-refractivity contribution in [3.63, 3.8) is 0 Å². The Bertz CT molecular complexity index is 971. The number of alkyl carbamates (subject to hydrolysis) is 1. The number of carbonyl (C=O) groups excluding carboxylic acids is 2. The van der Waals surface area contributed by atoms with E-state index in [2.05, 4.69) is 10.4 Å². The Balaban J connectivity index is 1.80. The van der Waals surface area contributed by atoms with Crippen molar-refractivity contribution in [1.82, 2.24) is 15.1 Å². The van der Waals surface area contributed by atoms with E-state index in [0.29, 0.717) is 18.0 Å². The summed E-state index contributed by atoms with van der Waals surface area (Å²) in [6.07, 6.45) is 2.87. The van der Waals surface area contributed by atoms with E-state index in [-0.39, 0.29) is 12.5 Å². The smallest absolute Gasteiger partial charge is 0.408 e. The predicted octanol–water partition coefficient (Wildman–Crippen LogP) is 2.57. The number of fused-ring (bicyclic) bond motifs is 1. The van der Waals surface area contributed by atoms with E-state index >= 15 is 0 Å². The molecule has 2 amide bonds. The number of ether oxygens (including phenoxy) is 2. The normalized spacial score (nSPS) is 16.9. The maximum atomic E-state index is 12.9. The lowest BCUT2D eigenvalue weighted by molar-refractivity contribution is -0.120. The van der Waals surface area contributed by atoms with Crippen LogP contribution in [0.4, 0.5) is 10.5 Å². The second kappa shape index (κ2) is 8.22. The highest BCUT2D eigenvalue weighted by Crippen LogP contribution is 2.35. The number of rotatable bonds is 4. The van der Waals surface area contributed by atoms with Crippen molar-refractivity contribution in [2.75, 3.05) is 18.6 Å². The summed E-state index contributed by atoms with van der Waals surface area (Å²) in [5, 5.41) is 16.9. The molecule has 1 aromatic carbocycles. The second-order valence-electron chi connectivity index (χ2n) is 9.33. The molecule has 1 aromatic heterocycles. The molecule has 1 aliphatic heterocycles. The number of aliphatic hydroxyl groups is 1. The van der Waals surface area contributed by atoms with E-state index in [1.54, 1.807) is 58.6 Å². The van der Waals surface area contributed by atoms with E-state index in [1.807, 2.05) is 18.3 Å². The van der Waals surface area contributed by atoms with Crippen LogP contribution in [0.25, 0.3) is 11.1 Å². The van der Waals surface area contributed by atoms with Crippen LogP contribution in [-0.4, -0.2) is 57.8 Å². The highest BCUT2D eigenvalue weighted by Gasteiger charge is 2.32. The van der Waals surface area contributed by atoms with Gasteiger partial charge in [0.25, 0.3) is 5.91 Å². The Morgan fingerprint density at radius 3 is 2.65 bits per heavy atom. The summed E-state index contributed by atoms with van der Waals surface area (Å²) in [4.78, 5) is 26.5. The number of carbonyl (C=O) groups is 2. The molecule has 0 saturated heterocycles. The molecule has 9 nitrogen and oxygen atoms in total. The number of amides is 2. The van der Waals surface area contributed by atoms with E-state index in [1.165, 1.54) is 4.90 Å². The highest BCUT2D eigenvalue weighted by molar-refractivity contribution is 6.00. The third-order valence-corrected chi connectivity index (χ3v) is 4.56. The van der Waals surface area contributed by atoms with Crippen molar-refractivity contribution in [1.29, 1.82) is 0 Å². The van der Waals surface area contributed by atoms with Crippen LogP contribution in [0.15, 0.2) is 30.6 Å². The van der Waals surface area contributed by atoms with Crippen LogP contribution in [0.3, 0.4) is 0 Å². The second-order valence-corrected chi connectivity index (χ2v) is 9.33. The minimum atomic E-state index is -0.881. The molecule has 2 N–H and O–H groups in total. The molecule has 0 bridgehead atoms. The molecule has 168 valence electrons. The molecular formula is C22H30N4O5. The zero-order chi connectivity index (χ0) is 23.0. The largest absolute Gasteiger partial charge is 0.489 e. The van der Waals surface area contributed by atoms with Gasteiger partial charge in [-0.3, -0.25) is 9.48 Å². The number of hydrogen-bond donors (Lipinski definition) is 2. The van der Waals surface area contributed by atoms with Gasteiger partial charge in [-0.25, -0.2) is 4.79 Å². The zero-order valence-electron chi connectivity index (χ0n) is 18.8. The van der Waals surface area contributed by atoms with E-state index in [0.717, 1.165) is 11.1 Å². The number of nitrogens with one attached hydrogen (secondary N) is 1. The molecule has 0 fully saturated rings. The van der Waals surface area contributed by atoms with Crippen LogP contribution >= 0.6 is 0 Å². The van der Waals surface area contributed by atoms with Gasteiger partial charge < -0.3 is 24.8 Å². The maximum absolute atomic E-state index is 12.9. The topological polar surface area (TPSA) is 106 Å². The summed E-state index contributed by atoms with van der Waals surface area (Å²) >= 11 is 0. The van der Waals surface area contributed by atoms with Gasteiger partial charge in [-0.15, -0.1) is 0 Å². The van der Waals surface area contributed by atoms with E-state index < -0.39 is 23.3 Å². The summed E-state index contributed by atoms with van der Waals surface area (Å²) < 4.78 is 12.7. The van der Waals surface area contributed by atoms with Crippen LogP contribution in [0.5, 0.6) is 5.75 Å². The van der Waals surface area contributed by atoms with Crippen LogP contribution < -0.4 is 15.0 Å². The molecule has 9 heteroatoms. The standard InChI is InChI=1S/C22H30N4O5/c1-21(2,3)31-20(28)24-16-12-30-18-8-7-14(9-17(18)25(6)19(16)27)15-10-23-26(11-15)13-22(4,5)29/h7-11,16,29H,12-13H2,1-6H3,(H,24,28)/t16-/m0/s1. The van der Waals surface area contributed by atoms with Gasteiger partial charge in [-0.2, -0.15) is 5.10 Å². The zero-order valence-corrected chi connectivity index (χ0v) is 18.8. The molecule has 2 heterocycles. The first kappa shape index (κ1) is 22.6. The summed E-state index contributed by atoms with van der Waals surface area (Å²) in [6, 6.07) is 4.64. The molecule has 0 unspecified atom stereocenters. The Morgan fingerprint density at radius 2 is 2.00 bits per heavy atom. The Morgan fingerprint density at radius 1 is 1.29 bits per heavy atom. The first-order valence-corrected chi connectivity index (χ1v) is 10.1. The molecule has 0 radical (unpaired) electrons. The van der Waals surface area contributed by atoms with Gasteiger partial charge in [-0.05, 0) is 52.3 Å². The summed E-state index contributed by atoms with van der Waals surface area (Å²) in [6.45, 7) is 9.06. The maximum Gasteiger partial charge on any atom is 0.408 e. The number of anilines is 1.